The largest absolute Gasteiger partial charge is 0.474 e. The molecule has 0 aromatic heterocycles. The lowest BCUT2D eigenvalue weighted by molar-refractivity contribution is -0.143. The van der Waals surface area contributed by atoms with E-state index in [2.05, 4.69) is 25.7 Å². The molecule has 0 aliphatic carbocycles. The molecule has 0 atom stereocenters. The van der Waals surface area contributed by atoms with E-state index in [0.717, 1.165) is 103 Å². The van der Waals surface area contributed by atoms with Gasteiger partial charge in [0.05, 0.1) is 33.0 Å². The highest BCUT2D eigenvalue weighted by molar-refractivity contribution is 7.48. The molecule has 324 valence electrons. The minimum atomic E-state index is -3.50. The summed E-state index contributed by atoms with van der Waals surface area (Å²) < 4.78 is 36.1. The van der Waals surface area contributed by atoms with Gasteiger partial charge >= 0.3 is 13.8 Å². The molecule has 0 unspecified atom stereocenters. The summed E-state index contributed by atoms with van der Waals surface area (Å²) in [5.41, 5.74) is 0. The third-order valence-electron chi connectivity index (χ3n) is 10.4. The first-order chi connectivity index (χ1) is 26.5. The maximum atomic E-state index is 13.4. The number of hydrogen-bond acceptors (Lipinski definition) is 8. The Kier molecular flexibility index (Phi) is 43.2. The summed E-state index contributed by atoms with van der Waals surface area (Å²) in [4.78, 5) is 14.4. The molecule has 0 bridgehead atoms. The van der Waals surface area contributed by atoms with Crippen LogP contribution in [0, 0.1) is 0 Å². The summed E-state index contributed by atoms with van der Waals surface area (Å²) in [7, 11) is -3.50. The van der Waals surface area contributed by atoms with Gasteiger partial charge in [-0.3, -0.25) is 18.4 Å². The van der Waals surface area contributed by atoms with Crippen molar-refractivity contribution in [2.45, 2.75) is 233 Å². The van der Waals surface area contributed by atoms with Crippen molar-refractivity contribution in [2.24, 2.45) is 0 Å². The SMILES string of the molecule is CCCCCCCCCOP(=O)(OCCCCCCCCC)OCCCCCCCCCN(CCO)CCCCCCCC(=O)OCCCCCCCC. The first-order valence-corrected chi connectivity index (χ1v) is 25.0. The molecule has 54 heavy (non-hydrogen) atoms. The van der Waals surface area contributed by atoms with Gasteiger partial charge in [-0.1, -0.05) is 181 Å². The standard InChI is InChI=1S/C45H92NO7P/c1-4-7-10-13-18-26-33-42-51-54(49,52-43-34-27-19-14-11-8-5-2)53-44-35-28-20-16-17-23-30-37-46(39-40-47)38-31-24-21-22-29-36-45(48)50-41-32-25-15-12-9-6-3/h47H,4-44H2,1-3H3. The molecule has 0 aromatic carbocycles. The van der Waals surface area contributed by atoms with Crippen LogP contribution in [-0.4, -0.2) is 68.6 Å². The van der Waals surface area contributed by atoms with Gasteiger partial charge in [0.25, 0.3) is 0 Å². The van der Waals surface area contributed by atoms with Crippen molar-refractivity contribution in [1.82, 2.24) is 4.90 Å². The molecule has 9 heteroatoms. The molecule has 0 aliphatic rings. The van der Waals surface area contributed by atoms with Crippen LogP contribution in [0.15, 0.2) is 0 Å². The summed E-state index contributed by atoms with van der Waals surface area (Å²) in [6, 6.07) is 0. The minimum Gasteiger partial charge on any atom is -0.466 e. The highest BCUT2D eigenvalue weighted by Crippen LogP contribution is 2.50. The molecule has 0 amide bonds. The molecule has 0 aromatic rings. The zero-order valence-corrected chi connectivity index (χ0v) is 37.2. The van der Waals surface area contributed by atoms with Crippen molar-refractivity contribution < 1.29 is 32.8 Å². The van der Waals surface area contributed by atoms with E-state index in [4.69, 9.17) is 18.3 Å². The quantitative estimate of drug-likeness (QED) is 0.0370. The number of phosphoric acid groups is 1. The predicted molar refractivity (Wildman–Crippen MR) is 229 cm³/mol. The number of aliphatic hydroxyl groups is 1. The van der Waals surface area contributed by atoms with Crippen molar-refractivity contribution in [1.29, 1.82) is 0 Å². The van der Waals surface area contributed by atoms with Gasteiger partial charge in [-0.05, 0) is 58.0 Å². The van der Waals surface area contributed by atoms with Crippen LogP contribution in [0.25, 0.3) is 0 Å². The van der Waals surface area contributed by atoms with Gasteiger partial charge in [-0.2, -0.15) is 0 Å². The van der Waals surface area contributed by atoms with Crippen molar-refractivity contribution in [3.8, 4) is 0 Å². The summed E-state index contributed by atoms with van der Waals surface area (Å²) in [6.07, 6.45) is 37.8. The molecular formula is C45H92NO7P. The number of carbonyl (C=O) groups is 1. The fraction of sp³-hybridized carbons (Fsp3) is 0.978. The Morgan fingerprint density at radius 2 is 0.741 bits per heavy atom. The Labute approximate surface area is 336 Å². The van der Waals surface area contributed by atoms with Crippen LogP contribution in [0.1, 0.15) is 233 Å². The minimum absolute atomic E-state index is 0.0346. The number of nitrogens with zero attached hydrogens (tertiary/aromatic N) is 1. The average Bonchev–Trinajstić information content (AvgIpc) is 3.16. The van der Waals surface area contributed by atoms with Gasteiger partial charge < -0.3 is 14.7 Å². The van der Waals surface area contributed by atoms with Crippen LogP contribution in [0.4, 0.5) is 0 Å². The molecule has 0 saturated heterocycles. The maximum absolute atomic E-state index is 13.4. The second-order valence-electron chi connectivity index (χ2n) is 15.7. The topological polar surface area (TPSA) is 94.5 Å². The van der Waals surface area contributed by atoms with Crippen molar-refractivity contribution in [3.63, 3.8) is 0 Å². The molecule has 1 N–H and O–H groups in total. The van der Waals surface area contributed by atoms with E-state index >= 15 is 0 Å². The fourth-order valence-corrected chi connectivity index (χ4v) is 8.11. The number of rotatable bonds is 46. The summed E-state index contributed by atoms with van der Waals surface area (Å²) >= 11 is 0. The maximum Gasteiger partial charge on any atom is 0.474 e. The number of unbranched alkanes of at least 4 members (excludes halogenated alkanes) is 27. The highest BCUT2D eigenvalue weighted by atomic mass is 31.2. The number of aliphatic hydroxyl groups excluding tert-OH is 1. The third-order valence-corrected chi connectivity index (χ3v) is 11.9. The van der Waals surface area contributed by atoms with Crippen LogP contribution >= 0.6 is 7.82 Å². The lowest BCUT2D eigenvalue weighted by Gasteiger charge is -2.21. The van der Waals surface area contributed by atoms with E-state index in [9.17, 15) is 14.5 Å². The van der Waals surface area contributed by atoms with E-state index in [1.807, 2.05) is 0 Å². The van der Waals surface area contributed by atoms with E-state index < -0.39 is 7.82 Å². The number of phosphoric ester groups is 1. The summed E-state index contributed by atoms with van der Waals surface area (Å²) in [6.45, 7) is 11.6. The van der Waals surface area contributed by atoms with Gasteiger partial charge in [0.2, 0.25) is 0 Å². The van der Waals surface area contributed by atoms with Crippen LogP contribution in [0.5, 0.6) is 0 Å². The zero-order valence-electron chi connectivity index (χ0n) is 36.3. The Bertz CT molecular complexity index is 778. The van der Waals surface area contributed by atoms with Crippen LogP contribution < -0.4 is 0 Å². The smallest absolute Gasteiger partial charge is 0.466 e. The molecule has 0 saturated carbocycles. The molecule has 8 nitrogen and oxygen atoms in total. The molecule has 0 aliphatic heterocycles. The number of esters is 1. The Balaban J connectivity index is 4.01. The van der Waals surface area contributed by atoms with Crippen LogP contribution in [-0.2, 0) is 27.7 Å². The Hall–Kier alpha value is -0.500. The summed E-state index contributed by atoms with van der Waals surface area (Å²) in [5, 5.41) is 9.55. The lowest BCUT2D eigenvalue weighted by Crippen LogP contribution is -2.29. The van der Waals surface area contributed by atoms with E-state index in [-0.39, 0.29) is 12.6 Å². The Morgan fingerprint density at radius 1 is 0.426 bits per heavy atom. The average molecular weight is 790 g/mol. The van der Waals surface area contributed by atoms with E-state index in [1.54, 1.807) is 0 Å². The van der Waals surface area contributed by atoms with Gasteiger partial charge in [0.1, 0.15) is 0 Å². The van der Waals surface area contributed by atoms with Gasteiger partial charge in [-0.15, -0.1) is 0 Å². The van der Waals surface area contributed by atoms with Gasteiger partial charge in [-0.25, -0.2) is 4.57 Å². The molecule has 0 heterocycles. The summed E-state index contributed by atoms with van der Waals surface area (Å²) in [5.74, 6) is -0.0346. The van der Waals surface area contributed by atoms with Crippen LogP contribution in [0.3, 0.4) is 0 Å². The molecular weight excluding hydrogens is 697 g/mol. The van der Waals surface area contributed by atoms with Crippen molar-refractivity contribution in [2.75, 3.05) is 52.7 Å². The second kappa shape index (κ2) is 43.6. The molecule has 0 spiro atoms. The number of hydrogen-bond donors (Lipinski definition) is 1. The fourth-order valence-electron chi connectivity index (χ4n) is 6.83. The Morgan fingerprint density at radius 3 is 1.11 bits per heavy atom. The first-order valence-electron chi connectivity index (χ1n) is 23.5. The number of ether oxygens (including phenoxy) is 1. The van der Waals surface area contributed by atoms with Gasteiger partial charge in [0.15, 0.2) is 0 Å². The normalized spacial score (nSPS) is 11.9. The molecule has 0 rings (SSSR count). The van der Waals surface area contributed by atoms with Crippen LogP contribution in [0.2, 0.25) is 0 Å². The molecule has 0 radical (unpaired) electrons. The van der Waals surface area contributed by atoms with Gasteiger partial charge in [0, 0.05) is 13.0 Å². The monoisotopic (exact) mass is 790 g/mol. The van der Waals surface area contributed by atoms with Crippen molar-refractivity contribution in [3.05, 3.63) is 0 Å². The highest BCUT2D eigenvalue weighted by Gasteiger charge is 2.26. The van der Waals surface area contributed by atoms with E-state index in [1.165, 1.54) is 122 Å². The third kappa shape index (κ3) is 39.7. The van der Waals surface area contributed by atoms with E-state index in [0.29, 0.717) is 32.8 Å². The molecule has 0 fully saturated rings. The predicted octanol–water partition coefficient (Wildman–Crippen LogP) is 13.9. The van der Waals surface area contributed by atoms with Crippen molar-refractivity contribution >= 4 is 13.8 Å². The first kappa shape index (κ1) is 53.5. The lowest BCUT2D eigenvalue weighted by atomic mass is 10.1. The second-order valence-corrected chi connectivity index (χ2v) is 17.4. The number of carbonyl (C=O) groups excluding carboxylic acids is 1. The zero-order chi connectivity index (χ0) is 39.5.